The van der Waals surface area contributed by atoms with E-state index in [1.54, 1.807) is 4.90 Å². The van der Waals surface area contributed by atoms with Crippen LogP contribution in [0.5, 0.6) is 0 Å². The largest absolute Gasteiger partial charge is 0.444 e. The van der Waals surface area contributed by atoms with Crippen LogP contribution in [-0.4, -0.2) is 29.7 Å². The molecule has 0 aliphatic carbocycles. The normalized spacial score (nSPS) is 16.2. The van der Waals surface area contributed by atoms with Gasteiger partial charge in [0.25, 0.3) is 0 Å². The number of rotatable bonds is 3. The van der Waals surface area contributed by atoms with Gasteiger partial charge < -0.3 is 9.64 Å². The molecule has 0 saturated carbocycles. The van der Waals surface area contributed by atoms with Crippen LogP contribution in [0.4, 0.5) is 4.79 Å². The van der Waals surface area contributed by atoms with Crippen LogP contribution in [0, 0.1) is 17.2 Å². The maximum Gasteiger partial charge on any atom is 0.410 e. The lowest BCUT2D eigenvalue weighted by molar-refractivity contribution is 0.0180. The molecule has 4 nitrogen and oxygen atoms in total. The number of piperidine rings is 1. The van der Waals surface area contributed by atoms with Crippen LogP contribution in [0.25, 0.3) is 11.1 Å². The SMILES string of the molecule is CC(C)(C)OC(=O)N1CCC([C@H](C#N)c2ccccc2-c2ccc(Cl)cc2)CC1. The molecule has 2 aromatic carbocycles. The van der Waals surface area contributed by atoms with Gasteiger partial charge in [-0.3, -0.25) is 0 Å². The van der Waals surface area contributed by atoms with E-state index in [4.69, 9.17) is 16.3 Å². The Morgan fingerprint density at radius 2 is 1.76 bits per heavy atom. The monoisotopic (exact) mass is 410 g/mol. The van der Waals surface area contributed by atoms with E-state index in [0.29, 0.717) is 18.1 Å². The summed E-state index contributed by atoms with van der Waals surface area (Å²) in [6, 6.07) is 18.3. The number of nitriles is 1. The van der Waals surface area contributed by atoms with Crippen molar-refractivity contribution in [2.75, 3.05) is 13.1 Å². The highest BCUT2D eigenvalue weighted by Gasteiger charge is 2.32. The maximum absolute atomic E-state index is 12.3. The number of carbonyl (C=O) groups excluding carboxylic acids is 1. The van der Waals surface area contributed by atoms with Gasteiger partial charge in [-0.1, -0.05) is 48.0 Å². The lowest BCUT2D eigenvalue weighted by Gasteiger charge is -2.35. The van der Waals surface area contributed by atoms with Crippen LogP contribution in [0.2, 0.25) is 5.02 Å². The van der Waals surface area contributed by atoms with Crippen molar-refractivity contribution in [3.63, 3.8) is 0 Å². The number of hydrogen-bond acceptors (Lipinski definition) is 3. The number of carbonyl (C=O) groups is 1. The fourth-order valence-electron chi connectivity index (χ4n) is 3.83. The molecule has 1 fully saturated rings. The first-order valence-corrected chi connectivity index (χ1v) is 10.4. The Hall–Kier alpha value is -2.51. The van der Waals surface area contributed by atoms with E-state index in [0.717, 1.165) is 29.5 Å². The molecule has 3 rings (SSSR count). The molecule has 0 bridgehead atoms. The molecule has 1 aliphatic rings. The molecule has 1 amide bonds. The summed E-state index contributed by atoms with van der Waals surface area (Å²) in [6.45, 7) is 6.84. The fourth-order valence-corrected chi connectivity index (χ4v) is 3.96. The molecule has 5 heteroatoms. The lowest BCUT2D eigenvalue weighted by Crippen LogP contribution is -2.42. The van der Waals surface area contributed by atoms with E-state index >= 15 is 0 Å². The fraction of sp³-hybridized carbons (Fsp3) is 0.417. The lowest BCUT2D eigenvalue weighted by atomic mass is 9.78. The van der Waals surface area contributed by atoms with E-state index in [1.165, 1.54) is 0 Å². The van der Waals surface area contributed by atoms with Crippen LogP contribution in [0.1, 0.15) is 45.1 Å². The second-order valence-corrected chi connectivity index (χ2v) is 8.94. The number of hydrogen-bond donors (Lipinski definition) is 0. The number of benzene rings is 2. The van der Waals surface area contributed by atoms with Gasteiger partial charge in [0.1, 0.15) is 5.60 Å². The minimum absolute atomic E-state index is 0.201. The summed E-state index contributed by atoms with van der Waals surface area (Å²) >= 11 is 6.03. The van der Waals surface area contributed by atoms with Gasteiger partial charge in [-0.2, -0.15) is 5.26 Å². The van der Waals surface area contributed by atoms with Gasteiger partial charge >= 0.3 is 6.09 Å². The highest BCUT2D eigenvalue weighted by Crippen LogP contribution is 2.38. The number of nitrogens with zero attached hydrogens (tertiary/aromatic N) is 2. The van der Waals surface area contributed by atoms with Crippen LogP contribution in [0.3, 0.4) is 0 Å². The maximum atomic E-state index is 12.3. The Morgan fingerprint density at radius 1 is 1.14 bits per heavy atom. The van der Waals surface area contributed by atoms with Gasteiger partial charge in [0, 0.05) is 18.1 Å². The average molecular weight is 411 g/mol. The third-order valence-corrected chi connectivity index (χ3v) is 5.50. The summed E-state index contributed by atoms with van der Waals surface area (Å²) in [5, 5.41) is 10.7. The summed E-state index contributed by atoms with van der Waals surface area (Å²) in [4.78, 5) is 14.1. The first kappa shape index (κ1) is 21.2. The van der Waals surface area contributed by atoms with Crippen molar-refractivity contribution in [2.45, 2.75) is 45.1 Å². The first-order valence-electron chi connectivity index (χ1n) is 10.0. The molecule has 0 spiro atoms. The third-order valence-electron chi connectivity index (χ3n) is 5.25. The van der Waals surface area contributed by atoms with E-state index in [2.05, 4.69) is 12.1 Å². The summed E-state index contributed by atoms with van der Waals surface area (Å²) < 4.78 is 5.48. The van der Waals surface area contributed by atoms with Crippen molar-refractivity contribution in [1.29, 1.82) is 5.26 Å². The molecule has 0 N–H and O–H groups in total. The molecule has 0 radical (unpaired) electrons. The predicted octanol–water partition coefficient (Wildman–Crippen LogP) is 6.26. The van der Waals surface area contributed by atoms with Crippen molar-refractivity contribution in [3.8, 4) is 17.2 Å². The molecule has 1 atom stereocenters. The van der Waals surface area contributed by atoms with Crippen LogP contribution < -0.4 is 0 Å². The molecule has 1 saturated heterocycles. The highest BCUT2D eigenvalue weighted by atomic mass is 35.5. The Labute approximate surface area is 178 Å². The van der Waals surface area contributed by atoms with Crippen LogP contribution in [0.15, 0.2) is 48.5 Å². The average Bonchev–Trinajstić information content (AvgIpc) is 2.69. The Kier molecular flexibility index (Phi) is 6.49. The van der Waals surface area contributed by atoms with Crippen LogP contribution >= 0.6 is 11.6 Å². The number of amides is 1. The first-order chi connectivity index (χ1) is 13.8. The Bertz CT molecular complexity index is 888. The number of halogens is 1. The summed E-state index contributed by atoms with van der Waals surface area (Å²) in [6.07, 6.45) is 1.30. The van der Waals surface area contributed by atoms with Gasteiger partial charge in [-0.25, -0.2) is 4.79 Å². The van der Waals surface area contributed by atoms with Gasteiger partial charge in [0.05, 0.1) is 12.0 Å². The predicted molar refractivity (Wildman–Crippen MR) is 116 cm³/mol. The Morgan fingerprint density at radius 3 is 2.34 bits per heavy atom. The standard InChI is InChI=1S/C24H27ClN2O2/c1-24(2,3)29-23(28)27-14-12-18(13-15-27)22(16-26)21-7-5-4-6-20(21)17-8-10-19(25)11-9-17/h4-11,18,22H,12-15H2,1-3H3/t22-/m0/s1. The molecule has 2 aromatic rings. The van der Waals surface area contributed by atoms with Crippen molar-refractivity contribution in [2.24, 2.45) is 5.92 Å². The van der Waals surface area contributed by atoms with Crippen molar-refractivity contribution in [1.82, 2.24) is 4.90 Å². The van der Waals surface area contributed by atoms with E-state index < -0.39 is 5.60 Å². The van der Waals surface area contributed by atoms with E-state index in [-0.39, 0.29) is 17.9 Å². The zero-order chi connectivity index (χ0) is 21.0. The minimum Gasteiger partial charge on any atom is -0.444 e. The smallest absolute Gasteiger partial charge is 0.410 e. The minimum atomic E-state index is -0.499. The van der Waals surface area contributed by atoms with Gasteiger partial charge in [-0.05, 0) is 68.4 Å². The topological polar surface area (TPSA) is 53.3 Å². The van der Waals surface area contributed by atoms with Crippen molar-refractivity contribution in [3.05, 3.63) is 59.1 Å². The summed E-state index contributed by atoms with van der Waals surface area (Å²) in [5.74, 6) is -0.0187. The zero-order valence-corrected chi connectivity index (χ0v) is 17.9. The summed E-state index contributed by atoms with van der Waals surface area (Å²) in [5.41, 5.74) is 2.65. The van der Waals surface area contributed by atoms with Gasteiger partial charge in [0.2, 0.25) is 0 Å². The Balaban J connectivity index is 1.76. The number of likely N-dealkylation sites (tertiary alicyclic amines) is 1. The van der Waals surface area contributed by atoms with Gasteiger partial charge in [0.15, 0.2) is 0 Å². The molecule has 29 heavy (non-hydrogen) atoms. The second-order valence-electron chi connectivity index (χ2n) is 8.51. The molecular formula is C24H27ClN2O2. The molecular weight excluding hydrogens is 384 g/mol. The summed E-state index contributed by atoms with van der Waals surface area (Å²) in [7, 11) is 0. The van der Waals surface area contributed by atoms with E-state index in [9.17, 15) is 10.1 Å². The van der Waals surface area contributed by atoms with Crippen molar-refractivity contribution < 1.29 is 9.53 Å². The molecule has 0 aromatic heterocycles. The molecule has 1 aliphatic heterocycles. The zero-order valence-electron chi connectivity index (χ0n) is 17.2. The highest BCUT2D eigenvalue weighted by molar-refractivity contribution is 6.30. The number of ether oxygens (including phenoxy) is 1. The molecule has 0 unspecified atom stereocenters. The second kappa shape index (κ2) is 8.88. The quantitative estimate of drug-likeness (QED) is 0.599. The van der Waals surface area contributed by atoms with Crippen LogP contribution in [-0.2, 0) is 4.74 Å². The third kappa shape index (κ3) is 5.31. The molecule has 152 valence electrons. The van der Waals surface area contributed by atoms with E-state index in [1.807, 2.05) is 63.2 Å². The molecule has 1 heterocycles. The van der Waals surface area contributed by atoms with Crippen molar-refractivity contribution >= 4 is 17.7 Å². The van der Waals surface area contributed by atoms with Gasteiger partial charge in [-0.15, -0.1) is 0 Å².